The molecule has 0 unspecified atom stereocenters. The van der Waals surface area contributed by atoms with E-state index in [1.54, 1.807) is 0 Å². The third kappa shape index (κ3) is 3.45. The fourth-order valence-corrected chi connectivity index (χ4v) is 4.40. The Hall–Kier alpha value is -2.23. The summed E-state index contributed by atoms with van der Waals surface area (Å²) in [5, 5.41) is 10.5. The Labute approximate surface area is 167 Å². The van der Waals surface area contributed by atoms with E-state index in [1.807, 2.05) is 29.3 Å². The lowest BCUT2D eigenvalue weighted by molar-refractivity contribution is 0.0995. The summed E-state index contributed by atoms with van der Waals surface area (Å²) < 4.78 is 1.98. The molecule has 0 radical (unpaired) electrons. The van der Waals surface area contributed by atoms with E-state index < -0.39 is 5.91 Å². The lowest BCUT2D eigenvalue weighted by Gasteiger charge is -2.29. The molecule has 1 amide bonds. The minimum atomic E-state index is -0.513. The van der Waals surface area contributed by atoms with Crippen molar-refractivity contribution in [2.24, 2.45) is 11.5 Å². The van der Waals surface area contributed by atoms with Gasteiger partial charge in [0.2, 0.25) is 0 Å². The molecule has 0 saturated heterocycles. The molecule has 1 aromatic carbocycles. The number of hydrogen-bond donors (Lipinski definition) is 3. The van der Waals surface area contributed by atoms with Crippen LogP contribution in [0.5, 0.6) is 0 Å². The van der Waals surface area contributed by atoms with Gasteiger partial charge in [-0.15, -0.1) is 0 Å². The lowest BCUT2D eigenvalue weighted by Crippen LogP contribution is -2.36. The molecule has 2 heterocycles. The fourth-order valence-electron chi connectivity index (χ4n) is 4.06. The third-order valence-electron chi connectivity index (χ3n) is 5.43. The van der Waals surface area contributed by atoms with Gasteiger partial charge in [0.1, 0.15) is 5.52 Å². The van der Waals surface area contributed by atoms with Gasteiger partial charge in [-0.2, -0.15) is 5.10 Å². The summed E-state index contributed by atoms with van der Waals surface area (Å²) in [7, 11) is 0. The number of fused-ring (bicyclic) bond motifs is 3. The smallest absolute Gasteiger partial charge is 0.269 e. The molecule has 148 valence electrons. The topological polar surface area (TPSA) is 125 Å². The highest BCUT2D eigenvalue weighted by molar-refractivity contribution is 7.98. The number of nitrogens with two attached hydrogens (primary N) is 2. The van der Waals surface area contributed by atoms with Crippen LogP contribution in [0.1, 0.15) is 42.2 Å². The Morgan fingerprint density at radius 1 is 1.32 bits per heavy atom. The highest BCUT2D eigenvalue weighted by atomic mass is 32.2. The second-order valence-corrected chi connectivity index (χ2v) is 7.94. The number of benzene rings is 1. The second-order valence-electron chi connectivity index (χ2n) is 7.16. The molecule has 0 spiro atoms. The number of rotatable bonds is 6. The van der Waals surface area contributed by atoms with Crippen molar-refractivity contribution in [3.63, 3.8) is 0 Å². The van der Waals surface area contributed by atoms with E-state index in [-0.39, 0.29) is 6.04 Å². The molecule has 28 heavy (non-hydrogen) atoms. The first-order valence-corrected chi connectivity index (χ1v) is 10.8. The summed E-state index contributed by atoms with van der Waals surface area (Å²) in [5.41, 5.74) is 13.2. The monoisotopic (exact) mass is 399 g/mol. The minimum Gasteiger partial charge on any atom is -0.364 e. The average Bonchev–Trinajstić information content (AvgIpc) is 3.12. The zero-order valence-corrected chi connectivity index (χ0v) is 16.7. The van der Waals surface area contributed by atoms with Gasteiger partial charge in [-0.25, -0.2) is 9.97 Å². The number of thioether (sulfide) groups is 1. The van der Waals surface area contributed by atoms with Crippen LogP contribution in [0.25, 0.3) is 21.8 Å². The summed E-state index contributed by atoms with van der Waals surface area (Å²) in [6, 6.07) is 4.52. The van der Waals surface area contributed by atoms with Crippen molar-refractivity contribution in [2.45, 2.75) is 42.9 Å². The minimum absolute atomic E-state index is 0.213. The highest BCUT2D eigenvalue weighted by Crippen LogP contribution is 2.34. The number of aromatic nitrogens is 4. The maximum atomic E-state index is 12.0. The van der Waals surface area contributed by atoms with Gasteiger partial charge >= 0.3 is 0 Å². The van der Waals surface area contributed by atoms with Crippen LogP contribution in [-0.4, -0.2) is 51.0 Å². The largest absolute Gasteiger partial charge is 0.364 e. The SMILES string of the molecule is CSc1ncc2ccc3c(C(N)=O)nn(C4CCC(NCCN)CC4)c3c2n1. The van der Waals surface area contributed by atoms with Gasteiger partial charge in [0, 0.05) is 36.1 Å². The van der Waals surface area contributed by atoms with E-state index in [0.717, 1.165) is 54.0 Å². The number of hydrogen-bond acceptors (Lipinski definition) is 7. The maximum absolute atomic E-state index is 12.0. The molecule has 3 aromatic rings. The van der Waals surface area contributed by atoms with E-state index in [0.29, 0.717) is 23.4 Å². The molecule has 8 nitrogen and oxygen atoms in total. The van der Waals surface area contributed by atoms with E-state index in [9.17, 15) is 4.79 Å². The van der Waals surface area contributed by atoms with Crippen LogP contribution in [0, 0.1) is 0 Å². The van der Waals surface area contributed by atoms with Gasteiger partial charge in [0.05, 0.1) is 11.6 Å². The van der Waals surface area contributed by atoms with E-state index in [4.69, 9.17) is 16.5 Å². The van der Waals surface area contributed by atoms with Crippen molar-refractivity contribution in [3.05, 3.63) is 24.0 Å². The van der Waals surface area contributed by atoms with Crippen molar-refractivity contribution < 1.29 is 4.79 Å². The van der Waals surface area contributed by atoms with Gasteiger partial charge in [0.15, 0.2) is 10.9 Å². The number of nitrogens with one attached hydrogen (secondary N) is 1. The van der Waals surface area contributed by atoms with Crippen LogP contribution >= 0.6 is 11.8 Å². The molecular formula is C19H25N7OS. The van der Waals surface area contributed by atoms with E-state index >= 15 is 0 Å². The molecule has 0 aliphatic heterocycles. The third-order valence-corrected chi connectivity index (χ3v) is 5.99. The van der Waals surface area contributed by atoms with Gasteiger partial charge < -0.3 is 16.8 Å². The molecular weight excluding hydrogens is 374 g/mol. The Kier molecular flexibility index (Phi) is 5.47. The Morgan fingerprint density at radius 3 is 2.79 bits per heavy atom. The van der Waals surface area contributed by atoms with E-state index in [2.05, 4.69) is 15.4 Å². The molecule has 1 aliphatic carbocycles. The second kappa shape index (κ2) is 8.02. The average molecular weight is 400 g/mol. The first-order chi connectivity index (χ1) is 13.6. The van der Waals surface area contributed by atoms with Gasteiger partial charge in [-0.1, -0.05) is 17.8 Å². The number of amides is 1. The van der Waals surface area contributed by atoms with Crippen LogP contribution in [-0.2, 0) is 0 Å². The van der Waals surface area contributed by atoms with Crippen molar-refractivity contribution in [1.82, 2.24) is 25.1 Å². The molecule has 0 bridgehead atoms. The summed E-state index contributed by atoms with van der Waals surface area (Å²) >= 11 is 1.49. The normalized spacial score (nSPS) is 20.1. The lowest BCUT2D eigenvalue weighted by atomic mass is 9.91. The zero-order valence-electron chi connectivity index (χ0n) is 15.9. The van der Waals surface area contributed by atoms with Crippen LogP contribution in [0.15, 0.2) is 23.5 Å². The van der Waals surface area contributed by atoms with Crippen molar-refractivity contribution >= 4 is 39.5 Å². The molecule has 1 aliphatic rings. The quantitative estimate of drug-likeness (QED) is 0.426. The van der Waals surface area contributed by atoms with Gasteiger partial charge in [-0.3, -0.25) is 9.48 Å². The van der Waals surface area contributed by atoms with Crippen LogP contribution in [0.2, 0.25) is 0 Å². The number of primary amides is 1. The molecule has 2 aromatic heterocycles. The maximum Gasteiger partial charge on any atom is 0.269 e. The summed E-state index contributed by atoms with van der Waals surface area (Å²) in [5.74, 6) is -0.513. The first-order valence-electron chi connectivity index (χ1n) is 9.57. The zero-order chi connectivity index (χ0) is 19.7. The fraction of sp³-hybridized carbons (Fsp3) is 0.474. The highest BCUT2D eigenvalue weighted by Gasteiger charge is 2.27. The number of carbonyl (C=O) groups is 1. The van der Waals surface area contributed by atoms with Crippen LogP contribution in [0.3, 0.4) is 0 Å². The predicted octanol–water partition coefficient (Wildman–Crippen LogP) is 1.83. The standard InChI is InChI=1S/C19H25N7OS/c1-28-19-23-10-11-2-7-14-16(18(21)27)25-26(17(14)15(11)24-19)13-5-3-12(4-6-13)22-9-8-20/h2,7,10,12-13,22H,3-6,8-9,20H2,1H3,(H2,21,27). The molecule has 4 rings (SSSR count). The molecule has 9 heteroatoms. The first kappa shape index (κ1) is 19.1. The molecule has 1 fully saturated rings. The van der Waals surface area contributed by atoms with Crippen molar-refractivity contribution in [1.29, 1.82) is 0 Å². The molecule has 5 N–H and O–H groups in total. The summed E-state index contributed by atoms with van der Waals surface area (Å²) in [4.78, 5) is 21.1. The Balaban J connectivity index is 1.79. The van der Waals surface area contributed by atoms with Gasteiger partial charge in [-0.05, 0) is 38.0 Å². The summed E-state index contributed by atoms with van der Waals surface area (Å²) in [6.07, 6.45) is 7.83. The predicted molar refractivity (Wildman–Crippen MR) is 111 cm³/mol. The van der Waals surface area contributed by atoms with E-state index in [1.165, 1.54) is 11.8 Å². The van der Waals surface area contributed by atoms with Crippen molar-refractivity contribution in [2.75, 3.05) is 19.3 Å². The molecule has 1 saturated carbocycles. The summed E-state index contributed by atoms with van der Waals surface area (Å²) in [6.45, 7) is 1.49. The van der Waals surface area contributed by atoms with Crippen LogP contribution in [0.4, 0.5) is 0 Å². The number of nitrogens with zero attached hydrogens (tertiary/aromatic N) is 4. The van der Waals surface area contributed by atoms with Crippen LogP contribution < -0.4 is 16.8 Å². The number of carbonyl (C=O) groups excluding carboxylic acids is 1. The Morgan fingerprint density at radius 2 is 2.11 bits per heavy atom. The molecule has 0 atom stereocenters. The van der Waals surface area contributed by atoms with Gasteiger partial charge in [0.25, 0.3) is 5.91 Å². The Bertz CT molecular complexity index is 1010. The van der Waals surface area contributed by atoms with Crippen molar-refractivity contribution in [3.8, 4) is 0 Å².